The van der Waals surface area contributed by atoms with Gasteiger partial charge in [0.05, 0.1) is 23.1 Å². The first kappa shape index (κ1) is 14.5. The van der Waals surface area contributed by atoms with Crippen molar-refractivity contribution >= 4 is 50.0 Å². The number of aromatic nitrogens is 1. The number of pyridine rings is 1. The van der Waals surface area contributed by atoms with Gasteiger partial charge >= 0.3 is 0 Å². The summed E-state index contributed by atoms with van der Waals surface area (Å²) in [4.78, 5) is 4.37. The number of halogens is 1. The van der Waals surface area contributed by atoms with Crippen LogP contribution in [0, 0.1) is 0 Å². The van der Waals surface area contributed by atoms with Gasteiger partial charge in [0.15, 0.2) is 0 Å². The molecule has 1 atom stereocenters. The van der Waals surface area contributed by atoms with Gasteiger partial charge in [-0.1, -0.05) is 22.9 Å². The highest BCUT2D eigenvalue weighted by molar-refractivity contribution is 9.10. The number of nitrogens with two attached hydrogens (primary N) is 1. The number of hydrogen-bond acceptors (Lipinski definition) is 4. The van der Waals surface area contributed by atoms with E-state index in [9.17, 15) is 0 Å². The van der Waals surface area contributed by atoms with E-state index in [4.69, 9.17) is 5.73 Å². The summed E-state index contributed by atoms with van der Waals surface area (Å²) < 4.78 is 1.04. The quantitative estimate of drug-likeness (QED) is 0.859. The van der Waals surface area contributed by atoms with Crippen LogP contribution in [0.15, 0.2) is 28.9 Å². The van der Waals surface area contributed by atoms with Crippen molar-refractivity contribution in [2.45, 2.75) is 19.4 Å². The monoisotopic (exact) mass is 339 g/mol. The molecule has 1 aromatic carbocycles. The standard InChI is InChI=1S/C14H18BrN3S/c1-3-10(8-19-2)18-14-11-6-9(15)4-5-13(11)17-7-12(14)16/h4-7,10H,3,8,16H2,1-2H3,(H,17,18). The summed E-state index contributed by atoms with van der Waals surface area (Å²) in [6.07, 6.45) is 4.91. The second-order valence-electron chi connectivity index (χ2n) is 4.45. The van der Waals surface area contributed by atoms with Crippen molar-refractivity contribution in [2.75, 3.05) is 23.1 Å². The van der Waals surface area contributed by atoms with Gasteiger partial charge in [-0.05, 0) is 30.9 Å². The average Bonchev–Trinajstić information content (AvgIpc) is 2.41. The topological polar surface area (TPSA) is 50.9 Å². The first-order valence-corrected chi connectivity index (χ1v) is 8.43. The molecule has 0 aliphatic rings. The van der Waals surface area contributed by atoms with Crippen molar-refractivity contribution < 1.29 is 0 Å². The van der Waals surface area contributed by atoms with Crippen LogP contribution in [-0.4, -0.2) is 23.0 Å². The van der Waals surface area contributed by atoms with Gasteiger partial charge in [-0.2, -0.15) is 11.8 Å². The molecule has 2 aromatic rings. The number of thioether (sulfide) groups is 1. The van der Waals surface area contributed by atoms with E-state index in [0.29, 0.717) is 11.7 Å². The van der Waals surface area contributed by atoms with Crippen LogP contribution in [0.5, 0.6) is 0 Å². The predicted octanol–water partition coefficient (Wildman–Crippen LogP) is 4.13. The molecule has 0 saturated carbocycles. The number of nitrogen functional groups attached to an aromatic ring is 1. The highest BCUT2D eigenvalue weighted by Crippen LogP contribution is 2.31. The van der Waals surface area contributed by atoms with Gasteiger partial charge < -0.3 is 11.1 Å². The number of hydrogen-bond donors (Lipinski definition) is 2. The zero-order valence-electron chi connectivity index (χ0n) is 11.1. The third kappa shape index (κ3) is 3.34. The maximum atomic E-state index is 6.09. The Morgan fingerprint density at radius 3 is 2.95 bits per heavy atom. The van der Waals surface area contributed by atoms with Crippen molar-refractivity contribution in [1.29, 1.82) is 0 Å². The lowest BCUT2D eigenvalue weighted by atomic mass is 10.1. The van der Waals surface area contributed by atoms with Crippen LogP contribution in [0.3, 0.4) is 0 Å². The minimum Gasteiger partial charge on any atom is -0.396 e. The lowest BCUT2D eigenvalue weighted by Gasteiger charge is -2.20. The molecule has 3 nitrogen and oxygen atoms in total. The molecule has 5 heteroatoms. The van der Waals surface area contributed by atoms with Crippen LogP contribution < -0.4 is 11.1 Å². The van der Waals surface area contributed by atoms with Gasteiger partial charge in [-0.25, -0.2) is 0 Å². The van der Waals surface area contributed by atoms with E-state index in [1.165, 1.54) is 0 Å². The molecule has 0 spiro atoms. The molecule has 0 amide bonds. The Balaban J connectivity index is 2.45. The molecule has 0 aliphatic heterocycles. The van der Waals surface area contributed by atoms with E-state index in [-0.39, 0.29) is 0 Å². The van der Waals surface area contributed by atoms with Gasteiger partial charge in [-0.15, -0.1) is 0 Å². The summed E-state index contributed by atoms with van der Waals surface area (Å²) in [5.74, 6) is 1.06. The van der Waals surface area contributed by atoms with E-state index < -0.39 is 0 Å². The fourth-order valence-corrected chi connectivity index (χ4v) is 3.09. The lowest BCUT2D eigenvalue weighted by molar-refractivity contribution is 0.776. The van der Waals surface area contributed by atoms with E-state index in [1.807, 2.05) is 23.9 Å². The molecule has 0 radical (unpaired) electrons. The largest absolute Gasteiger partial charge is 0.396 e. The molecule has 102 valence electrons. The van der Waals surface area contributed by atoms with Crippen molar-refractivity contribution in [2.24, 2.45) is 0 Å². The summed E-state index contributed by atoms with van der Waals surface area (Å²) in [5.41, 5.74) is 8.74. The zero-order chi connectivity index (χ0) is 13.8. The molecule has 1 aromatic heterocycles. The highest BCUT2D eigenvalue weighted by atomic mass is 79.9. The molecule has 19 heavy (non-hydrogen) atoms. The number of nitrogens with one attached hydrogen (secondary N) is 1. The predicted molar refractivity (Wildman–Crippen MR) is 89.9 cm³/mol. The molecule has 0 fully saturated rings. The van der Waals surface area contributed by atoms with E-state index >= 15 is 0 Å². The third-order valence-electron chi connectivity index (χ3n) is 3.07. The Labute approximate surface area is 126 Å². The van der Waals surface area contributed by atoms with E-state index in [2.05, 4.69) is 45.5 Å². The number of fused-ring (bicyclic) bond motifs is 1. The molecule has 2 rings (SSSR count). The smallest absolute Gasteiger partial charge is 0.0743 e. The van der Waals surface area contributed by atoms with Crippen LogP contribution in [-0.2, 0) is 0 Å². The van der Waals surface area contributed by atoms with Gasteiger partial charge in [0.1, 0.15) is 0 Å². The first-order chi connectivity index (χ1) is 9.15. The molecule has 0 aliphatic carbocycles. The third-order valence-corrected chi connectivity index (χ3v) is 4.30. The second kappa shape index (κ2) is 6.48. The second-order valence-corrected chi connectivity index (χ2v) is 6.28. The van der Waals surface area contributed by atoms with Crippen LogP contribution in [0.2, 0.25) is 0 Å². The first-order valence-electron chi connectivity index (χ1n) is 6.25. The maximum Gasteiger partial charge on any atom is 0.0743 e. The van der Waals surface area contributed by atoms with Crippen molar-refractivity contribution in [3.63, 3.8) is 0 Å². The fourth-order valence-electron chi connectivity index (χ4n) is 2.01. The SMILES string of the molecule is CCC(CSC)Nc1c(N)cnc2ccc(Br)cc12. The minimum absolute atomic E-state index is 0.418. The molecule has 0 saturated heterocycles. The Bertz CT molecular complexity index is 569. The summed E-state index contributed by atoms with van der Waals surface area (Å²) in [6.45, 7) is 2.18. The van der Waals surface area contributed by atoms with Gasteiger partial charge in [0, 0.05) is 21.7 Å². The van der Waals surface area contributed by atoms with Gasteiger partial charge in [0.2, 0.25) is 0 Å². The summed E-state index contributed by atoms with van der Waals surface area (Å²) >= 11 is 5.34. The van der Waals surface area contributed by atoms with Crippen molar-refractivity contribution in [3.05, 3.63) is 28.9 Å². The summed E-state index contributed by atoms with van der Waals surface area (Å²) in [5, 5.41) is 4.63. The van der Waals surface area contributed by atoms with Gasteiger partial charge in [0.25, 0.3) is 0 Å². The van der Waals surface area contributed by atoms with Crippen LogP contribution in [0.1, 0.15) is 13.3 Å². The molecule has 0 bridgehead atoms. The number of benzene rings is 1. The Kier molecular flexibility index (Phi) is 4.93. The van der Waals surface area contributed by atoms with Gasteiger partial charge in [-0.3, -0.25) is 4.98 Å². The zero-order valence-corrected chi connectivity index (χ0v) is 13.5. The van der Waals surface area contributed by atoms with E-state index in [1.54, 1.807) is 6.20 Å². The molecule has 1 unspecified atom stereocenters. The summed E-state index contributed by atoms with van der Waals surface area (Å²) in [6, 6.07) is 6.47. The fraction of sp³-hybridized carbons (Fsp3) is 0.357. The van der Waals surface area contributed by atoms with Crippen molar-refractivity contribution in [1.82, 2.24) is 4.98 Å². The van der Waals surface area contributed by atoms with Crippen LogP contribution in [0.4, 0.5) is 11.4 Å². The number of nitrogens with zero attached hydrogens (tertiary/aromatic N) is 1. The molecule has 1 heterocycles. The number of anilines is 2. The molecular formula is C14H18BrN3S. The normalized spacial score (nSPS) is 12.6. The van der Waals surface area contributed by atoms with E-state index in [0.717, 1.165) is 33.2 Å². The molecule has 3 N–H and O–H groups in total. The Morgan fingerprint density at radius 2 is 2.26 bits per heavy atom. The Hall–Kier alpha value is -0.940. The van der Waals surface area contributed by atoms with Crippen LogP contribution >= 0.6 is 27.7 Å². The summed E-state index contributed by atoms with van der Waals surface area (Å²) in [7, 11) is 0. The van der Waals surface area contributed by atoms with Crippen molar-refractivity contribution in [3.8, 4) is 0 Å². The maximum absolute atomic E-state index is 6.09. The van der Waals surface area contributed by atoms with Crippen LogP contribution in [0.25, 0.3) is 10.9 Å². The highest BCUT2D eigenvalue weighted by Gasteiger charge is 2.11. The number of rotatable bonds is 5. The Morgan fingerprint density at radius 1 is 1.47 bits per heavy atom. The average molecular weight is 340 g/mol. The molecular weight excluding hydrogens is 322 g/mol. The lowest BCUT2D eigenvalue weighted by Crippen LogP contribution is -2.22. The minimum atomic E-state index is 0.418.